The summed E-state index contributed by atoms with van der Waals surface area (Å²) in [5, 5.41) is 21.2. The predicted octanol–water partition coefficient (Wildman–Crippen LogP) is 5.71. The van der Waals surface area contributed by atoms with E-state index in [0.29, 0.717) is 24.2 Å². The Labute approximate surface area is 369 Å². The fraction of sp³-hybridized carbons (Fsp3) is 0.545. The first-order chi connectivity index (χ1) is 29.6. The van der Waals surface area contributed by atoms with E-state index in [-0.39, 0.29) is 77.6 Å². The summed E-state index contributed by atoms with van der Waals surface area (Å²) in [6, 6.07) is 6.06. The van der Waals surface area contributed by atoms with Crippen LogP contribution in [0.4, 0.5) is 25.8 Å². The second-order valence-corrected chi connectivity index (χ2v) is 23.1. The molecule has 7 amide bonds. The van der Waals surface area contributed by atoms with Gasteiger partial charge in [-0.1, -0.05) is 59.4 Å². The normalized spacial score (nSPS) is 18.6. The Kier molecular flexibility index (Phi) is 15.1. The Morgan fingerprint density at radius 1 is 1.05 bits per heavy atom. The number of hydrogen-bond donors (Lipinski definition) is 6. The number of alkyl carbamates (subject to hydrolysis) is 1. The van der Waals surface area contributed by atoms with Crippen LogP contribution in [0.15, 0.2) is 49.1 Å². The summed E-state index contributed by atoms with van der Waals surface area (Å²) in [6.45, 7) is 17.9. The zero-order valence-corrected chi connectivity index (χ0v) is 38.5. The topological polar surface area (TPSA) is 240 Å². The molecule has 7 N–H and O–H groups in total. The van der Waals surface area contributed by atoms with E-state index >= 15 is 0 Å². The number of aromatic hydroxyl groups is 1. The van der Waals surface area contributed by atoms with Crippen LogP contribution in [0.1, 0.15) is 82.6 Å². The Morgan fingerprint density at radius 2 is 1.73 bits per heavy atom. The number of primary amides is 1. The number of phenols is 1. The van der Waals surface area contributed by atoms with Crippen molar-refractivity contribution in [2.75, 3.05) is 37.0 Å². The molecular weight excluding hydrogens is 831 g/mol. The third kappa shape index (κ3) is 11.6. The van der Waals surface area contributed by atoms with Crippen molar-refractivity contribution in [1.29, 1.82) is 0 Å². The summed E-state index contributed by atoms with van der Waals surface area (Å²) in [5.74, 6) is -1.98. The molecule has 344 valence electrons. The molecule has 1 aliphatic carbocycles. The van der Waals surface area contributed by atoms with Gasteiger partial charge in [-0.25, -0.2) is 19.3 Å². The number of anilines is 2. The number of benzene rings is 2. The molecule has 2 heterocycles. The lowest BCUT2D eigenvalue weighted by Gasteiger charge is -2.44. The van der Waals surface area contributed by atoms with Gasteiger partial charge in [0.25, 0.3) is 5.91 Å². The van der Waals surface area contributed by atoms with Crippen LogP contribution in [0.3, 0.4) is 0 Å². The van der Waals surface area contributed by atoms with Crippen LogP contribution < -0.4 is 36.6 Å². The van der Waals surface area contributed by atoms with Gasteiger partial charge in [-0.15, -0.1) is 0 Å². The minimum atomic E-state index is -2.60. The molecule has 4 atom stereocenters. The van der Waals surface area contributed by atoms with Crippen LogP contribution in [-0.4, -0.2) is 105 Å². The maximum atomic E-state index is 14.5. The smallest absolute Gasteiger partial charge is 0.416 e. The number of rotatable bonds is 17. The third-order valence-electron chi connectivity index (χ3n) is 12.3. The number of amides is 7. The van der Waals surface area contributed by atoms with E-state index in [4.69, 9.17) is 24.4 Å². The minimum Gasteiger partial charge on any atom is -0.504 e. The average Bonchev–Trinajstić information content (AvgIpc) is 3.88. The van der Waals surface area contributed by atoms with Gasteiger partial charge in [-0.2, -0.15) is 0 Å². The molecule has 0 bridgehead atoms. The number of nitrogens with one attached hydrogen (secondary N) is 4. The highest BCUT2D eigenvalue weighted by Gasteiger charge is 2.59. The van der Waals surface area contributed by atoms with E-state index < -0.39 is 62.7 Å². The van der Waals surface area contributed by atoms with Crippen molar-refractivity contribution in [1.82, 2.24) is 20.9 Å². The van der Waals surface area contributed by atoms with E-state index in [1.54, 1.807) is 38.1 Å². The maximum absolute atomic E-state index is 14.5. The largest absolute Gasteiger partial charge is 0.504 e. The number of nitrogens with zero attached hydrogens (tertiary/aromatic N) is 2. The fourth-order valence-electron chi connectivity index (χ4n) is 7.50. The number of urea groups is 1. The first-order valence-corrected chi connectivity index (χ1v) is 24.1. The van der Waals surface area contributed by atoms with E-state index in [1.165, 1.54) is 30.2 Å². The molecule has 2 aromatic rings. The van der Waals surface area contributed by atoms with Gasteiger partial charge in [0.05, 0.1) is 24.4 Å². The number of carbonyl (C=O) groups excluding carboxylic acids is 6. The lowest BCUT2D eigenvalue weighted by Crippen LogP contribution is -2.58. The number of ether oxygens (including phenoxy) is 3. The highest BCUT2D eigenvalue weighted by atomic mass is 28.4. The number of phenolic OH excluding ortho intramolecular Hbond substituents is 1. The number of methoxy groups -OCH3 is 1. The van der Waals surface area contributed by atoms with Crippen molar-refractivity contribution in [3.05, 3.63) is 60.2 Å². The zero-order chi connectivity index (χ0) is 46.4. The van der Waals surface area contributed by atoms with Crippen molar-refractivity contribution in [2.45, 2.75) is 116 Å². The molecule has 2 aliphatic heterocycles. The van der Waals surface area contributed by atoms with Crippen molar-refractivity contribution in [2.24, 2.45) is 17.1 Å². The van der Waals surface area contributed by atoms with Crippen LogP contribution in [0.5, 0.6) is 11.5 Å². The lowest BCUT2D eigenvalue weighted by molar-refractivity contribution is -0.128. The molecule has 5 rings (SSSR count). The molecule has 3 aliphatic rings. The number of hydrogen-bond acceptors (Lipinski definition) is 11. The molecule has 0 radical (unpaired) electrons. The van der Waals surface area contributed by atoms with E-state index in [0.717, 1.165) is 12.8 Å². The maximum Gasteiger partial charge on any atom is 0.416 e. The van der Waals surface area contributed by atoms with Crippen molar-refractivity contribution >= 4 is 55.6 Å². The van der Waals surface area contributed by atoms with Gasteiger partial charge in [0.2, 0.25) is 11.8 Å². The monoisotopic (exact) mass is 893 g/mol. The number of nitrogens with two attached hydrogens (primary N) is 1. The Balaban J connectivity index is 1.35. The van der Waals surface area contributed by atoms with Crippen molar-refractivity contribution in [3.63, 3.8) is 0 Å². The summed E-state index contributed by atoms with van der Waals surface area (Å²) < 4.78 is 23.4. The van der Waals surface area contributed by atoms with Gasteiger partial charge < -0.3 is 55.6 Å². The third-order valence-corrected chi connectivity index (χ3v) is 16.7. The van der Waals surface area contributed by atoms with Crippen LogP contribution in [0.25, 0.3) is 0 Å². The molecule has 1 saturated heterocycles. The van der Waals surface area contributed by atoms with Crippen LogP contribution in [-0.2, 0) is 30.1 Å². The fourth-order valence-corrected chi connectivity index (χ4v) is 8.72. The molecule has 1 spiro atoms. The van der Waals surface area contributed by atoms with Crippen LogP contribution in [0, 0.1) is 11.3 Å². The van der Waals surface area contributed by atoms with Crippen LogP contribution >= 0.6 is 0 Å². The quantitative estimate of drug-likeness (QED) is 0.0639. The Morgan fingerprint density at radius 3 is 2.32 bits per heavy atom. The van der Waals surface area contributed by atoms with Gasteiger partial charge in [0.15, 0.2) is 26.0 Å². The van der Waals surface area contributed by atoms with Gasteiger partial charge in [-0.05, 0) is 85.3 Å². The van der Waals surface area contributed by atoms with E-state index in [2.05, 4.69) is 61.7 Å². The molecule has 2 fully saturated rings. The van der Waals surface area contributed by atoms with Gasteiger partial charge in [0, 0.05) is 24.8 Å². The molecule has 1 unspecified atom stereocenters. The Bertz CT molecular complexity index is 2050. The molecule has 19 heteroatoms. The molecule has 0 aromatic heterocycles. The van der Waals surface area contributed by atoms with Gasteiger partial charge >= 0.3 is 18.2 Å². The minimum absolute atomic E-state index is 0.0386. The second kappa shape index (κ2) is 19.7. The van der Waals surface area contributed by atoms with E-state index in [1.807, 2.05) is 4.90 Å². The van der Waals surface area contributed by atoms with Gasteiger partial charge in [-0.3, -0.25) is 14.4 Å². The van der Waals surface area contributed by atoms with Gasteiger partial charge in [0.1, 0.15) is 25.3 Å². The molecule has 18 nitrogen and oxygen atoms in total. The number of fused-ring (bicyclic) bond motifs is 2. The van der Waals surface area contributed by atoms with Crippen molar-refractivity contribution in [3.8, 4) is 11.5 Å². The second-order valence-electron chi connectivity index (χ2n) is 18.4. The summed E-state index contributed by atoms with van der Waals surface area (Å²) in [5.41, 5.74) is 6.44. The summed E-state index contributed by atoms with van der Waals surface area (Å²) in [4.78, 5) is 82.6. The molecular formula is C44H63N7O11Si. The SMILES string of the molecule is C=CCOC(=O)N[C@H](C(=O)N[C@@H](CCCNC(N)=O)C(=O)Nc1ccc(COC(=O)N2c3cc(O)c(OC)cc3C(=O)N3CC4(CC4)C[C@H]3C2O[Si](C)(C)C(C)(C)C)cc1)C(C)C. The first kappa shape index (κ1) is 48.2. The average molecular weight is 894 g/mol. The summed E-state index contributed by atoms with van der Waals surface area (Å²) >= 11 is 0. The predicted molar refractivity (Wildman–Crippen MR) is 238 cm³/mol. The molecule has 2 aromatic carbocycles. The number of carbonyl (C=O) groups is 6. The summed E-state index contributed by atoms with van der Waals surface area (Å²) in [6.07, 6.45) is 1.89. The van der Waals surface area contributed by atoms with Crippen LogP contribution in [0.2, 0.25) is 18.1 Å². The summed E-state index contributed by atoms with van der Waals surface area (Å²) in [7, 11) is -1.21. The van der Waals surface area contributed by atoms with Crippen molar-refractivity contribution < 1.29 is 52.5 Å². The highest BCUT2D eigenvalue weighted by Crippen LogP contribution is 2.57. The standard InChI is InChI=1S/C44H63N7O11Si/c1-10-20-60-41(57)49-35(26(2)3)37(54)48-30(12-11-19-46-40(45)56)36(53)47-28-15-13-27(14-16-28)24-61-42(58)51-31-22-33(52)34(59-7)21-29(31)38(55)50-25-44(17-18-44)23-32(50)39(51)62-63(8,9)43(4,5)6/h10,13-16,21-22,26,30,32,35,39,52H,1,11-12,17-20,23-25H2,2-9H3,(H,47,53)(H,48,54)(H,49,57)(H3,45,46,56)/t30-,32-,35-,39?/m0/s1. The Hall–Kier alpha value is -5.82. The highest BCUT2D eigenvalue weighted by molar-refractivity contribution is 6.74. The lowest BCUT2D eigenvalue weighted by atomic mass is 10.0. The molecule has 1 saturated carbocycles. The van der Waals surface area contributed by atoms with E-state index in [9.17, 15) is 33.9 Å². The zero-order valence-electron chi connectivity index (χ0n) is 37.5. The molecule has 63 heavy (non-hydrogen) atoms. The first-order valence-electron chi connectivity index (χ1n) is 21.2.